The van der Waals surface area contributed by atoms with Crippen molar-refractivity contribution in [2.75, 3.05) is 26.2 Å². The lowest BCUT2D eigenvalue weighted by Crippen LogP contribution is -2.56. The molecule has 0 aliphatic carbocycles. The first-order valence-electron chi connectivity index (χ1n) is 7.81. The van der Waals surface area contributed by atoms with Crippen LogP contribution in [0.2, 0.25) is 0 Å². The molecule has 0 bridgehead atoms. The second kappa shape index (κ2) is 4.94. The van der Waals surface area contributed by atoms with Crippen LogP contribution < -0.4 is 0 Å². The zero-order valence-corrected chi connectivity index (χ0v) is 12.0. The highest BCUT2D eigenvalue weighted by Gasteiger charge is 2.50. The Kier molecular flexibility index (Phi) is 3.06. The van der Waals surface area contributed by atoms with Crippen molar-refractivity contribution in [3.8, 4) is 0 Å². The second-order valence-electron chi connectivity index (χ2n) is 6.29. The largest absolute Gasteiger partial charge is 0.313 e. The predicted molar refractivity (Wildman–Crippen MR) is 77.8 cm³/mol. The number of carbonyl (C=O) groups excluding carboxylic acids is 2. The fourth-order valence-corrected chi connectivity index (χ4v) is 3.97. The lowest BCUT2D eigenvalue weighted by molar-refractivity contribution is -0.135. The summed E-state index contributed by atoms with van der Waals surface area (Å²) >= 11 is 0. The van der Waals surface area contributed by atoms with Gasteiger partial charge in [-0.3, -0.25) is 14.6 Å². The molecule has 2 saturated heterocycles. The molecule has 6 heteroatoms. The summed E-state index contributed by atoms with van der Waals surface area (Å²) < 4.78 is 0. The van der Waals surface area contributed by atoms with Gasteiger partial charge in [0, 0.05) is 19.2 Å². The van der Waals surface area contributed by atoms with Gasteiger partial charge in [0.1, 0.15) is 12.2 Å². The van der Waals surface area contributed by atoms with Crippen molar-refractivity contribution in [3.05, 3.63) is 12.2 Å². The lowest BCUT2D eigenvalue weighted by atomic mass is 10.1. The molecule has 2 amide bonds. The van der Waals surface area contributed by atoms with Gasteiger partial charge in [-0.15, -0.1) is 0 Å². The normalized spacial score (nSPS) is 35.5. The molecule has 2 fully saturated rings. The predicted octanol–water partition coefficient (Wildman–Crippen LogP) is -0.139. The zero-order chi connectivity index (χ0) is 14.4. The van der Waals surface area contributed by atoms with E-state index in [1.165, 1.54) is 25.5 Å². The summed E-state index contributed by atoms with van der Waals surface area (Å²) in [6.45, 7) is 3.71. The van der Waals surface area contributed by atoms with E-state index >= 15 is 0 Å². The van der Waals surface area contributed by atoms with Crippen LogP contribution in [0.4, 0.5) is 0 Å². The topological polar surface area (TPSA) is 56.2 Å². The van der Waals surface area contributed by atoms with Crippen LogP contribution in [0.1, 0.15) is 19.3 Å². The van der Waals surface area contributed by atoms with E-state index in [0.717, 1.165) is 19.6 Å². The number of amides is 2. The van der Waals surface area contributed by atoms with Crippen molar-refractivity contribution in [1.82, 2.24) is 14.7 Å². The molecule has 0 aromatic rings. The van der Waals surface area contributed by atoms with Gasteiger partial charge in [-0.05, 0) is 25.9 Å². The van der Waals surface area contributed by atoms with E-state index < -0.39 is 0 Å². The van der Waals surface area contributed by atoms with Crippen molar-refractivity contribution in [3.63, 3.8) is 0 Å². The van der Waals surface area contributed by atoms with Gasteiger partial charge in [0.15, 0.2) is 0 Å². The highest BCUT2D eigenvalue weighted by Crippen LogP contribution is 2.31. The standard InChI is InChI=1S/C15H20N4O2/c20-13-5-4-12-15-18(14(21)8-16-12)10-11(19(13)15)9-17-6-2-1-3-7-17/h4-5,8,11-12,15H,1-3,6-7,9-10H2. The summed E-state index contributed by atoms with van der Waals surface area (Å²) in [5.74, 6) is -0.0452. The van der Waals surface area contributed by atoms with E-state index in [1.54, 1.807) is 6.08 Å². The van der Waals surface area contributed by atoms with Crippen molar-refractivity contribution in [2.45, 2.75) is 37.5 Å². The van der Waals surface area contributed by atoms with Crippen LogP contribution in [0.15, 0.2) is 17.1 Å². The fourth-order valence-electron chi connectivity index (χ4n) is 3.97. The molecule has 0 saturated carbocycles. The van der Waals surface area contributed by atoms with Crippen molar-refractivity contribution >= 4 is 18.0 Å². The van der Waals surface area contributed by atoms with E-state index in [0.29, 0.717) is 6.54 Å². The third-order valence-electron chi connectivity index (χ3n) is 4.96. The summed E-state index contributed by atoms with van der Waals surface area (Å²) in [6.07, 6.45) is 8.41. The molecule has 4 heterocycles. The smallest absolute Gasteiger partial charge is 0.266 e. The van der Waals surface area contributed by atoms with Crippen LogP contribution in [-0.2, 0) is 9.59 Å². The molecule has 0 N–H and O–H groups in total. The maximum atomic E-state index is 12.3. The van der Waals surface area contributed by atoms with E-state index in [9.17, 15) is 9.59 Å². The Hall–Kier alpha value is -1.69. The molecule has 0 radical (unpaired) electrons. The summed E-state index contributed by atoms with van der Waals surface area (Å²) in [4.78, 5) is 34.8. The van der Waals surface area contributed by atoms with Gasteiger partial charge in [-0.2, -0.15) is 0 Å². The molecule has 0 aromatic heterocycles. The highest BCUT2D eigenvalue weighted by atomic mass is 16.2. The van der Waals surface area contributed by atoms with Crippen LogP contribution in [0.3, 0.4) is 0 Å². The number of piperidine rings is 1. The van der Waals surface area contributed by atoms with Crippen molar-refractivity contribution < 1.29 is 9.59 Å². The molecular formula is C15H20N4O2. The first-order chi connectivity index (χ1) is 10.2. The summed E-state index contributed by atoms with van der Waals surface area (Å²) in [7, 11) is 0. The number of rotatable bonds is 2. The Labute approximate surface area is 124 Å². The van der Waals surface area contributed by atoms with Gasteiger partial charge in [0.25, 0.3) is 5.91 Å². The monoisotopic (exact) mass is 288 g/mol. The van der Waals surface area contributed by atoms with E-state index in [-0.39, 0.29) is 30.1 Å². The Balaban J connectivity index is 1.58. The molecule has 0 aromatic carbocycles. The van der Waals surface area contributed by atoms with Crippen LogP contribution in [-0.4, -0.2) is 77.2 Å². The molecule has 4 aliphatic heterocycles. The minimum atomic E-state index is -0.199. The Morgan fingerprint density at radius 1 is 1.14 bits per heavy atom. The third kappa shape index (κ3) is 2.09. The molecule has 6 nitrogen and oxygen atoms in total. The molecule has 4 aliphatic rings. The number of hydrogen-bond acceptors (Lipinski definition) is 4. The average Bonchev–Trinajstić information content (AvgIpc) is 2.88. The van der Waals surface area contributed by atoms with Gasteiger partial charge in [0.05, 0.1) is 12.3 Å². The number of carbonyl (C=O) groups is 2. The SMILES string of the molecule is O=C1C=NC2C=CC(=O)N3C(CN4CCCCC4)CN1C23. The van der Waals surface area contributed by atoms with Crippen LogP contribution in [0, 0.1) is 0 Å². The minimum Gasteiger partial charge on any atom is -0.313 e. The summed E-state index contributed by atoms with van der Waals surface area (Å²) in [6, 6.07) is 0.00505. The van der Waals surface area contributed by atoms with Gasteiger partial charge in [0.2, 0.25) is 5.91 Å². The lowest BCUT2D eigenvalue weighted by Gasteiger charge is -2.39. The molecule has 0 spiro atoms. The number of nitrogens with zero attached hydrogens (tertiary/aromatic N) is 4. The van der Waals surface area contributed by atoms with Gasteiger partial charge >= 0.3 is 0 Å². The quantitative estimate of drug-likeness (QED) is 0.711. The molecule has 3 atom stereocenters. The van der Waals surface area contributed by atoms with Gasteiger partial charge in [-0.1, -0.05) is 12.5 Å². The Bertz CT molecular complexity index is 524. The van der Waals surface area contributed by atoms with Gasteiger partial charge < -0.3 is 14.7 Å². The molecular weight excluding hydrogens is 268 g/mol. The van der Waals surface area contributed by atoms with E-state index in [4.69, 9.17) is 0 Å². The maximum absolute atomic E-state index is 12.3. The molecule has 4 rings (SSSR count). The summed E-state index contributed by atoms with van der Waals surface area (Å²) in [5.41, 5.74) is 0. The van der Waals surface area contributed by atoms with Crippen LogP contribution >= 0.6 is 0 Å². The van der Waals surface area contributed by atoms with E-state index in [2.05, 4.69) is 9.89 Å². The van der Waals surface area contributed by atoms with Crippen molar-refractivity contribution in [1.29, 1.82) is 0 Å². The first kappa shape index (κ1) is 13.0. The fraction of sp³-hybridized carbons (Fsp3) is 0.667. The second-order valence-corrected chi connectivity index (χ2v) is 6.29. The summed E-state index contributed by atoms with van der Waals surface area (Å²) in [5, 5.41) is 0. The van der Waals surface area contributed by atoms with Crippen molar-refractivity contribution in [2.24, 2.45) is 4.99 Å². The number of likely N-dealkylation sites (tertiary alicyclic amines) is 1. The van der Waals surface area contributed by atoms with E-state index in [1.807, 2.05) is 15.9 Å². The Morgan fingerprint density at radius 2 is 1.95 bits per heavy atom. The van der Waals surface area contributed by atoms with Crippen LogP contribution in [0.25, 0.3) is 0 Å². The zero-order valence-electron chi connectivity index (χ0n) is 12.0. The molecule has 3 unspecified atom stereocenters. The first-order valence-corrected chi connectivity index (χ1v) is 7.81. The highest BCUT2D eigenvalue weighted by molar-refractivity contribution is 6.27. The van der Waals surface area contributed by atoms with Gasteiger partial charge in [-0.25, -0.2) is 0 Å². The Morgan fingerprint density at radius 3 is 2.76 bits per heavy atom. The molecule has 112 valence electrons. The third-order valence-corrected chi connectivity index (χ3v) is 4.96. The number of aliphatic imine (C=N–C) groups is 1. The molecule has 21 heavy (non-hydrogen) atoms. The van der Waals surface area contributed by atoms with Crippen LogP contribution in [0.5, 0.6) is 0 Å². The number of hydrogen-bond donors (Lipinski definition) is 0. The maximum Gasteiger partial charge on any atom is 0.266 e. The average molecular weight is 288 g/mol. The minimum absolute atomic E-state index is 0.0191.